The van der Waals surface area contributed by atoms with Crippen molar-refractivity contribution in [3.63, 3.8) is 0 Å². The Balaban J connectivity index is 2.26. The average molecular weight is 286 g/mol. The Labute approximate surface area is 120 Å². The summed E-state index contributed by atoms with van der Waals surface area (Å²) in [5.41, 5.74) is 0.586. The second-order valence-corrected chi connectivity index (χ2v) is 4.90. The molecule has 1 amide bonds. The molecule has 0 heterocycles. The molecular formula is C15H12NO3S-. The normalized spacial score (nSPS) is 10.1. The number of carboxylic acid groups (broad SMARTS) is 1. The molecule has 2 aromatic rings. The van der Waals surface area contributed by atoms with Crippen molar-refractivity contribution in [1.29, 1.82) is 0 Å². The zero-order valence-corrected chi connectivity index (χ0v) is 11.6. The zero-order chi connectivity index (χ0) is 14.5. The molecule has 4 nitrogen and oxygen atoms in total. The van der Waals surface area contributed by atoms with E-state index in [1.54, 1.807) is 30.0 Å². The van der Waals surface area contributed by atoms with Crippen molar-refractivity contribution in [3.8, 4) is 0 Å². The maximum Gasteiger partial charge on any atom is 0.256 e. The molecule has 0 bridgehead atoms. The van der Waals surface area contributed by atoms with Crippen LogP contribution in [0.3, 0.4) is 0 Å². The molecule has 0 aromatic heterocycles. The third kappa shape index (κ3) is 3.19. The van der Waals surface area contributed by atoms with Gasteiger partial charge in [0, 0.05) is 21.7 Å². The fourth-order valence-corrected chi connectivity index (χ4v) is 2.22. The van der Waals surface area contributed by atoms with Crippen molar-refractivity contribution in [2.24, 2.45) is 0 Å². The van der Waals surface area contributed by atoms with Crippen LogP contribution in [0.25, 0.3) is 0 Å². The third-order valence-corrected chi connectivity index (χ3v) is 3.44. The van der Waals surface area contributed by atoms with Gasteiger partial charge in [-0.25, -0.2) is 0 Å². The molecule has 0 aliphatic carbocycles. The first-order valence-electron chi connectivity index (χ1n) is 5.87. The van der Waals surface area contributed by atoms with E-state index in [-0.39, 0.29) is 11.1 Å². The summed E-state index contributed by atoms with van der Waals surface area (Å²) in [5.74, 6) is -1.84. The van der Waals surface area contributed by atoms with Crippen LogP contribution in [-0.4, -0.2) is 18.1 Å². The number of carboxylic acids is 1. The predicted octanol–water partition coefficient (Wildman–Crippen LogP) is 2.02. The van der Waals surface area contributed by atoms with Crippen molar-refractivity contribution >= 4 is 29.3 Å². The molecule has 5 heteroatoms. The SMILES string of the molecule is CSc1cccc(NC(=O)c2ccccc2C(=O)[O-])c1. The lowest BCUT2D eigenvalue weighted by molar-refractivity contribution is -0.255. The summed E-state index contributed by atoms with van der Waals surface area (Å²) < 4.78 is 0. The van der Waals surface area contributed by atoms with E-state index in [9.17, 15) is 14.7 Å². The van der Waals surface area contributed by atoms with Crippen LogP contribution in [0, 0.1) is 0 Å². The van der Waals surface area contributed by atoms with Crippen molar-refractivity contribution < 1.29 is 14.7 Å². The molecule has 0 fully saturated rings. The van der Waals surface area contributed by atoms with E-state index in [1.165, 1.54) is 12.1 Å². The molecule has 0 aliphatic heterocycles. The fourth-order valence-electron chi connectivity index (χ4n) is 1.76. The Morgan fingerprint density at radius 2 is 1.75 bits per heavy atom. The van der Waals surface area contributed by atoms with Crippen LogP contribution in [0.4, 0.5) is 5.69 Å². The Morgan fingerprint density at radius 3 is 2.40 bits per heavy atom. The largest absolute Gasteiger partial charge is 0.545 e. The lowest BCUT2D eigenvalue weighted by Gasteiger charge is -2.11. The molecule has 0 saturated carbocycles. The number of carbonyl (C=O) groups is 2. The number of hydrogen-bond donors (Lipinski definition) is 1. The van der Waals surface area contributed by atoms with Gasteiger partial charge in [-0.1, -0.05) is 24.3 Å². The number of anilines is 1. The van der Waals surface area contributed by atoms with E-state index < -0.39 is 11.9 Å². The van der Waals surface area contributed by atoms with Gasteiger partial charge in [0.2, 0.25) is 0 Å². The minimum Gasteiger partial charge on any atom is -0.545 e. The second kappa shape index (κ2) is 6.25. The van der Waals surface area contributed by atoms with Crippen LogP contribution in [0.2, 0.25) is 0 Å². The second-order valence-electron chi connectivity index (χ2n) is 4.02. The van der Waals surface area contributed by atoms with E-state index in [2.05, 4.69) is 5.32 Å². The van der Waals surface area contributed by atoms with Gasteiger partial charge in [0.1, 0.15) is 0 Å². The Hall–Kier alpha value is -2.27. The van der Waals surface area contributed by atoms with Crippen LogP contribution in [0.1, 0.15) is 20.7 Å². The van der Waals surface area contributed by atoms with Gasteiger partial charge in [0.15, 0.2) is 0 Å². The van der Waals surface area contributed by atoms with Crippen molar-refractivity contribution in [3.05, 3.63) is 59.7 Å². The van der Waals surface area contributed by atoms with Crippen LogP contribution >= 0.6 is 11.8 Å². The molecule has 2 aromatic carbocycles. The standard InChI is InChI=1S/C15H13NO3S/c1-20-11-6-4-5-10(9-11)16-14(17)12-7-2-3-8-13(12)15(18)19/h2-9H,1H3,(H,16,17)(H,18,19)/p-1. The average Bonchev–Trinajstić information content (AvgIpc) is 2.47. The monoisotopic (exact) mass is 286 g/mol. The minimum atomic E-state index is -1.37. The summed E-state index contributed by atoms with van der Waals surface area (Å²) in [4.78, 5) is 24.1. The molecular weight excluding hydrogens is 274 g/mol. The first kappa shape index (κ1) is 14.1. The summed E-state index contributed by atoms with van der Waals surface area (Å²) in [6, 6.07) is 13.3. The Kier molecular flexibility index (Phi) is 4.42. The van der Waals surface area contributed by atoms with Gasteiger partial charge in [-0.2, -0.15) is 0 Å². The van der Waals surface area contributed by atoms with Gasteiger partial charge in [-0.05, 0) is 30.5 Å². The summed E-state index contributed by atoms with van der Waals surface area (Å²) in [7, 11) is 0. The van der Waals surface area contributed by atoms with E-state index in [0.717, 1.165) is 4.90 Å². The van der Waals surface area contributed by atoms with Crippen molar-refractivity contribution in [1.82, 2.24) is 0 Å². The molecule has 0 aliphatic rings. The quantitative estimate of drug-likeness (QED) is 0.873. The number of benzene rings is 2. The number of aromatic carboxylic acids is 1. The van der Waals surface area contributed by atoms with Crippen molar-refractivity contribution in [2.75, 3.05) is 11.6 Å². The lowest BCUT2D eigenvalue weighted by Crippen LogP contribution is -2.26. The van der Waals surface area contributed by atoms with Crippen LogP contribution in [0.15, 0.2) is 53.4 Å². The number of hydrogen-bond acceptors (Lipinski definition) is 4. The molecule has 102 valence electrons. The van der Waals surface area contributed by atoms with Gasteiger partial charge in [-0.15, -0.1) is 11.8 Å². The first-order valence-corrected chi connectivity index (χ1v) is 7.10. The molecule has 1 N–H and O–H groups in total. The smallest absolute Gasteiger partial charge is 0.256 e. The number of thioether (sulfide) groups is 1. The summed E-state index contributed by atoms with van der Waals surface area (Å²) in [6.45, 7) is 0. The first-order chi connectivity index (χ1) is 9.61. The van der Waals surface area contributed by atoms with Crippen molar-refractivity contribution in [2.45, 2.75) is 4.90 Å². The summed E-state index contributed by atoms with van der Waals surface area (Å²) in [5, 5.41) is 13.7. The highest BCUT2D eigenvalue weighted by Crippen LogP contribution is 2.20. The Bertz CT molecular complexity index is 655. The highest BCUT2D eigenvalue weighted by atomic mass is 32.2. The lowest BCUT2D eigenvalue weighted by atomic mass is 10.1. The molecule has 2 rings (SSSR count). The van der Waals surface area contributed by atoms with E-state index in [1.807, 2.05) is 24.5 Å². The Morgan fingerprint density at radius 1 is 1.05 bits per heavy atom. The maximum absolute atomic E-state index is 12.1. The number of amides is 1. The molecule has 0 saturated heterocycles. The van der Waals surface area contributed by atoms with Crippen LogP contribution in [0.5, 0.6) is 0 Å². The summed E-state index contributed by atoms with van der Waals surface area (Å²) >= 11 is 1.56. The molecule has 0 radical (unpaired) electrons. The van der Waals surface area contributed by atoms with Gasteiger partial charge in [0.05, 0.1) is 5.97 Å². The summed E-state index contributed by atoms with van der Waals surface area (Å²) in [6.07, 6.45) is 1.94. The van der Waals surface area contributed by atoms with Gasteiger partial charge < -0.3 is 15.2 Å². The fraction of sp³-hybridized carbons (Fsp3) is 0.0667. The van der Waals surface area contributed by atoms with E-state index >= 15 is 0 Å². The van der Waals surface area contributed by atoms with Crippen LogP contribution < -0.4 is 10.4 Å². The van der Waals surface area contributed by atoms with Gasteiger partial charge in [-0.3, -0.25) is 4.79 Å². The molecule has 20 heavy (non-hydrogen) atoms. The van der Waals surface area contributed by atoms with Gasteiger partial charge >= 0.3 is 0 Å². The maximum atomic E-state index is 12.1. The van der Waals surface area contributed by atoms with Crippen LogP contribution in [-0.2, 0) is 0 Å². The third-order valence-electron chi connectivity index (χ3n) is 2.72. The van der Waals surface area contributed by atoms with E-state index in [0.29, 0.717) is 5.69 Å². The highest BCUT2D eigenvalue weighted by molar-refractivity contribution is 7.98. The predicted molar refractivity (Wildman–Crippen MR) is 76.9 cm³/mol. The topological polar surface area (TPSA) is 69.2 Å². The number of nitrogens with one attached hydrogen (secondary N) is 1. The number of carbonyl (C=O) groups excluding carboxylic acids is 2. The number of rotatable bonds is 4. The molecule has 0 unspecified atom stereocenters. The zero-order valence-electron chi connectivity index (χ0n) is 10.8. The molecule has 0 spiro atoms. The van der Waals surface area contributed by atoms with E-state index in [4.69, 9.17) is 0 Å². The van der Waals surface area contributed by atoms with Gasteiger partial charge in [0.25, 0.3) is 5.91 Å². The minimum absolute atomic E-state index is 0.0852. The molecule has 0 atom stereocenters. The highest BCUT2D eigenvalue weighted by Gasteiger charge is 2.11.